The number of benzene rings is 2. The van der Waals surface area contributed by atoms with Crippen LogP contribution >= 0.6 is 0 Å². The Hall–Kier alpha value is -4.00. The standard InChI is InChI=1S/C22H18N2O5/c1-14-6-9-19(20(12-14)24(27)28)22-11-8-18(29-22)7-10-21(26)16-4-3-5-17(13-16)23-15(2)25/h3-13H,1-2H3,(H,23,25)/b10-7+. The van der Waals surface area contributed by atoms with Crippen molar-refractivity contribution in [2.24, 2.45) is 0 Å². The van der Waals surface area contributed by atoms with Gasteiger partial charge in [0.2, 0.25) is 5.91 Å². The smallest absolute Gasteiger partial charge is 0.280 e. The molecule has 1 aromatic heterocycles. The zero-order chi connectivity index (χ0) is 21.0. The molecule has 1 amide bonds. The minimum absolute atomic E-state index is 0.0410. The second-order valence-corrected chi connectivity index (χ2v) is 6.44. The van der Waals surface area contributed by atoms with E-state index in [9.17, 15) is 19.7 Å². The molecule has 0 saturated carbocycles. The van der Waals surface area contributed by atoms with Crippen LogP contribution in [0.4, 0.5) is 11.4 Å². The van der Waals surface area contributed by atoms with E-state index in [2.05, 4.69) is 5.32 Å². The van der Waals surface area contributed by atoms with E-state index in [4.69, 9.17) is 4.42 Å². The summed E-state index contributed by atoms with van der Waals surface area (Å²) in [6, 6.07) is 14.7. The summed E-state index contributed by atoms with van der Waals surface area (Å²) in [4.78, 5) is 34.4. The monoisotopic (exact) mass is 390 g/mol. The third-order valence-electron chi connectivity index (χ3n) is 4.11. The van der Waals surface area contributed by atoms with Crippen LogP contribution in [-0.4, -0.2) is 16.6 Å². The van der Waals surface area contributed by atoms with E-state index in [1.807, 2.05) is 0 Å². The number of carbonyl (C=O) groups excluding carboxylic acids is 2. The van der Waals surface area contributed by atoms with Gasteiger partial charge in [0.15, 0.2) is 5.78 Å². The van der Waals surface area contributed by atoms with Crippen molar-refractivity contribution in [2.75, 3.05) is 5.32 Å². The fourth-order valence-electron chi connectivity index (χ4n) is 2.80. The first-order valence-corrected chi connectivity index (χ1v) is 8.79. The molecule has 1 N–H and O–H groups in total. The topological polar surface area (TPSA) is 102 Å². The van der Waals surface area contributed by atoms with Crippen LogP contribution in [0.15, 0.2) is 65.1 Å². The lowest BCUT2D eigenvalue weighted by atomic mass is 10.1. The molecule has 0 bridgehead atoms. The van der Waals surface area contributed by atoms with Crippen LogP contribution in [0, 0.1) is 17.0 Å². The van der Waals surface area contributed by atoms with Crippen molar-refractivity contribution in [3.05, 3.63) is 87.7 Å². The lowest BCUT2D eigenvalue weighted by Gasteiger charge is -2.03. The van der Waals surface area contributed by atoms with Crippen LogP contribution in [0.5, 0.6) is 0 Å². The predicted molar refractivity (Wildman–Crippen MR) is 110 cm³/mol. The SMILES string of the molecule is CC(=O)Nc1cccc(C(=O)/C=C/c2ccc(-c3ccc(C)cc3[N+](=O)[O-])o2)c1. The maximum Gasteiger partial charge on any atom is 0.280 e. The first kappa shape index (κ1) is 19.8. The number of anilines is 1. The second-order valence-electron chi connectivity index (χ2n) is 6.44. The Morgan fingerprint density at radius 3 is 2.62 bits per heavy atom. The zero-order valence-corrected chi connectivity index (χ0v) is 15.8. The van der Waals surface area contributed by atoms with E-state index in [0.29, 0.717) is 28.3 Å². The van der Waals surface area contributed by atoms with Gasteiger partial charge in [-0.25, -0.2) is 0 Å². The largest absolute Gasteiger partial charge is 0.456 e. The summed E-state index contributed by atoms with van der Waals surface area (Å²) in [6.07, 6.45) is 2.84. The summed E-state index contributed by atoms with van der Waals surface area (Å²) in [5.41, 5.74) is 2.05. The number of nitro benzene ring substituents is 1. The normalized spacial score (nSPS) is 10.8. The number of aryl methyl sites for hydroxylation is 1. The Bertz CT molecular complexity index is 1130. The first-order valence-electron chi connectivity index (χ1n) is 8.79. The molecular weight excluding hydrogens is 372 g/mol. The molecule has 146 valence electrons. The molecular formula is C22H18N2O5. The van der Waals surface area contributed by atoms with E-state index in [1.54, 1.807) is 55.5 Å². The summed E-state index contributed by atoms with van der Waals surface area (Å²) in [5.74, 6) is 0.243. The van der Waals surface area contributed by atoms with Crippen molar-refractivity contribution in [3.8, 4) is 11.3 Å². The van der Waals surface area contributed by atoms with Crippen molar-refractivity contribution in [1.82, 2.24) is 0 Å². The number of ketones is 1. The third kappa shape index (κ3) is 4.84. The van der Waals surface area contributed by atoms with Gasteiger partial charge in [0, 0.05) is 24.2 Å². The predicted octanol–water partition coefficient (Wildman–Crippen LogP) is 5.02. The highest BCUT2D eigenvalue weighted by Gasteiger charge is 2.18. The summed E-state index contributed by atoms with van der Waals surface area (Å²) >= 11 is 0. The van der Waals surface area contributed by atoms with E-state index < -0.39 is 4.92 Å². The lowest BCUT2D eigenvalue weighted by molar-refractivity contribution is -0.384. The highest BCUT2D eigenvalue weighted by atomic mass is 16.6. The zero-order valence-electron chi connectivity index (χ0n) is 15.8. The fourth-order valence-corrected chi connectivity index (χ4v) is 2.80. The number of amides is 1. The minimum Gasteiger partial charge on any atom is -0.456 e. The van der Waals surface area contributed by atoms with Crippen LogP contribution in [0.1, 0.15) is 28.6 Å². The average molecular weight is 390 g/mol. The molecule has 0 radical (unpaired) electrons. The van der Waals surface area contributed by atoms with Crippen LogP contribution in [0.2, 0.25) is 0 Å². The number of nitro groups is 1. The van der Waals surface area contributed by atoms with Gasteiger partial charge in [-0.05, 0) is 55.0 Å². The van der Waals surface area contributed by atoms with Gasteiger partial charge in [0.05, 0.1) is 10.5 Å². The number of hydrogen-bond acceptors (Lipinski definition) is 5. The molecule has 2 aromatic carbocycles. The molecule has 3 rings (SSSR count). The number of nitrogens with one attached hydrogen (secondary N) is 1. The van der Waals surface area contributed by atoms with Crippen molar-refractivity contribution in [3.63, 3.8) is 0 Å². The number of rotatable bonds is 6. The molecule has 0 aliphatic heterocycles. The van der Waals surface area contributed by atoms with Crippen molar-refractivity contribution >= 4 is 29.1 Å². The minimum atomic E-state index is -0.452. The molecule has 0 saturated heterocycles. The van der Waals surface area contributed by atoms with Gasteiger partial charge in [-0.2, -0.15) is 0 Å². The van der Waals surface area contributed by atoms with Crippen molar-refractivity contribution < 1.29 is 18.9 Å². The molecule has 29 heavy (non-hydrogen) atoms. The highest BCUT2D eigenvalue weighted by Crippen LogP contribution is 2.32. The Balaban J connectivity index is 1.80. The van der Waals surface area contributed by atoms with Crippen molar-refractivity contribution in [1.29, 1.82) is 0 Å². The number of nitrogens with zero attached hydrogens (tertiary/aromatic N) is 1. The molecule has 0 atom stereocenters. The van der Waals surface area contributed by atoms with Gasteiger partial charge in [-0.15, -0.1) is 0 Å². The Kier molecular flexibility index (Phi) is 5.69. The van der Waals surface area contributed by atoms with E-state index >= 15 is 0 Å². The van der Waals surface area contributed by atoms with Gasteiger partial charge >= 0.3 is 0 Å². The molecule has 1 heterocycles. The fraction of sp³-hybridized carbons (Fsp3) is 0.0909. The summed E-state index contributed by atoms with van der Waals surface area (Å²) < 4.78 is 5.66. The quantitative estimate of drug-likeness (QED) is 0.276. The first-order chi connectivity index (χ1) is 13.8. The second kappa shape index (κ2) is 8.35. The van der Waals surface area contributed by atoms with Crippen LogP contribution in [0.3, 0.4) is 0 Å². The molecule has 0 aliphatic carbocycles. The number of allylic oxidation sites excluding steroid dienone is 1. The summed E-state index contributed by atoms with van der Waals surface area (Å²) in [7, 11) is 0. The van der Waals surface area contributed by atoms with E-state index in [0.717, 1.165) is 5.56 Å². The summed E-state index contributed by atoms with van der Waals surface area (Å²) in [5, 5.41) is 13.9. The number of hydrogen-bond donors (Lipinski definition) is 1. The van der Waals surface area contributed by atoms with Gasteiger partial charge in [-0.3, -0.25) is 19.7 Å². The Morgan fingerprint density at radius 2 is 1.90 bits per heavy atom. The lowest BCUT2D eigenvalue weighted by Crippen LogP contribution is -2.06. The molecule has 7 heteroatoms. The van der Waals surface area contributed by atoms with Crippen molar-refractivity contribution in [2.45, 2.75) is 13.8 Å². The Morgan fingerprint density at radius 1 is 1.10 bits per heavy atom. The van der Waals surface area contributed by atoms with Crippen LogP contribution in [-0.2, 0) is 4.79 Å². The number of furan rings is 1. The van der Waals surface area contributed by atoms with Crippen LogP contribution in [0.25, 0.3) is 17.4 Å². The molecule has 0 fully saturated rings. The van der Waals surface area contributed by atoms with Gasteiger partial charge in [-0.1, -0.05) is 18.2 Å². The maximum absolute atomic E-state index is 12.4. The molecule has 7 nitrogen and oxygen atoms in total. The van der Waals surface area contributed by atoms with Gasteiger partial charge < -0.3 is 9.73 Å². The van der Waals surface area contributed by atoms with Gasteiger partial charge in [0.25, 0.3) is 5.69 Å². The average Bonchev–Trinajstić information content (AvgIpc) is 3.14. The molecule has 0 aliphatic rings. The maximum atomic E-state index is 12.4. The molecule has 3 aromatic rings. The summed E-state index contributed by atoms with van der Waals surface area (Å²) in [6.45, 7) is 3.17. The number of carbonyl (C=O) groups is 2. The highest BCUT2D eigenvalue weighted by molar-refractivity contribution is 6.07. The van der Waals surface area contributed by atoms with Crippen LogP contribution < -0.4 is 5.32 Å². The molecule has 0 unspecified atom stereocenters. The van der Waals surface area contributed by atoms with E-state index in [-0.39, 0.29) is 17.4 Å². The van der Waals surface area contributed by atoms with E-state index in [1.165, 1.54) is 25.1 Å². The van der Waals surface area contributed by atoms with Gasteiger partial charge in [0.1, 0.15) is 11.5 Å². The Labute approximate surface area is 166 Å². The third-order valence-corrected chi connectivity index (χ3v) is 4.11. The molecule has 0 spiro atoms.